The average Bonchev–Trinajstić information content (AvgIpc) is 2.25. The third-order valence-corrected chi connectivity index (χ3v) is 1.61. The van der Waals surface area contributed by atoms with Crippen LogP contribution in [0.25, 0.3) is 0 Å². The molecule has 0 saturated heterocycles. The maximum absolute atomic E-state index is 3.91. The van der Waals surface area contributed by atoms with Crippen molar-refractivity contribution >= 4 is 0 Å². The minimum absolute atomic E-state index is 0.969. The van der Waals surface area contributed by atoms with Crippen LogP contribution in [0.2, 0.25) is 0 Å². The minimum Gasteiger partial charge on any atom is -0.374 e. The molecule has 0 atom stereocenters. The lowest BCUT2D eigenvalue weighted by Gasteiger charge is -2.18. The zero-order valence-electron chi connectivity index (χ0n) is 10.0. The highest BCUT2D eigenvalue weighted by molar-refractivity contribution is 5.16. The van der Waals surface area contributed by atoms with E-state index in [0.717, 1.165) is 18.8 Å². The second-order valence-corrected chi connectivity index (χ2v) is 2.61. The van der Waals surface area contributed by atoms with Crippen molar-refractivity contribution in [3.63, 3.8) is 0 Å². The number of hydrogen-bond donors (Lipinski definition) is 1. The molecule has 0 aliphatic carbocycles. The van der Waals surface area contributed by atoms with Crippen molar-refractivity contribution in [1.29, 1.82) is 0 Å². The number of nitrogens with zero attached hydrogens (tertiary/aromatic N) is 1. The van der Waals surface area contributed by atoms with Gasteiger partial charge in [-0.1, -0.05) is 39.2 Å². The number of likely N-dealkylation sites (N-methyl/N-ethyl adjacent to an activating group) is 2. The van der Waals surface area contributed by atoms with Crippen molar-refractivity contribution < 1.29 is 0 Å². The Hall–Kier alpha value is -1.02. The summed E-state index contributed by atoms with van der Waals surface area (Å²) < 4.78 is 0. The fourth-order valence-corrected chi connectivity index (χ4v) is 0.729. The maximum atomic E-state index is 3.91. The molecule has 2 heteroatoms. The van der Waals surface area contributed by atoms with Gasteiger partial charge in [0.1, 0.15) is 0 Å². The zero-order valence-corrected chi connectivity index (χ0v) is 10.0. The van der Waals surface area contributed by atoms with Gasteiger partial charge in [-0.25, -0.2) is 0 Å². The molecule has 0 fully saturated rings. The summed E-state index contributed by atoms with van der Waals surface area (Å²) >= 11 is 0. The van der Waals surface area contributed by atoms with Crippen molar-refractivity contribution in [3.05, 3.63) is 37.1 Å². The molecule has 2 nitrogen and oxygen atoms in total. The summed E-state index contributed by atoms with van der Waals surface area (Å²) in [6.07, 6.45) is 5.58. The van der Waals surface area contributed by atoms with Gasteiger partial charge < -0.3 is 10.2 Å². The molecular weight excluding hydrogens is 172 g/mol. The highest BCUT2D eigenvalue weighted by atomic mass is 15.1. The molecule has 0 amide bonds. The van der Waals surface area contributed by atoms with Crippen molar-refractivity contribution in [3.8, 4) is 0 Å². The molecule has 0 aliphatic rings. The molecular formula is C12H24N2. The van der Waals surface area contributed by atoms with Crippen LogP contribution in [0.3, 0.4) is 0 Å². The molecule has 0 aliphatic heterocycles. The van der Waals surface area contributed by atoms with E-state index in [1.807, 2.05) is 40.1 Å². The Balaban J connectivity index is 0. The van der Waals surface area contributed by atoms with E-state index < -0.39 is 0 Å². The molecule has 0 spiro atoms. The molecule has 82 valence electrons. The van der Waals surface area contributed by atoms with E-state index in [1.165, 1.54) is 0 Å². The first-order chi connectivity index (χ1) is 6.72. The summed E-state index contributed by atoms with van der Waals surface area (Å²) in [5, 5.41) is 3.08. The minimum atomic E-state index is 0.969. The van der Waals surface area contributed by atoms with Crippen molar-refractivity contribution in [2.24, 2.45) is 0 Å². The quantitative estimate of drug-likeness (QED) is 0.656. The van der Waals surface area contributed by atoms with Crippen LogP contribution in [-0.4, -0.2) is 32.1 Å². The van der Waals surface area contributed by atoms with Crippen LogP contribution in [0.15, 0.2) is 37.1 Å². The van der Waals surface area contributed by atoms with Crippen molar-refractivity contribution in [2.75, 3.05) is 27.2 Å². The van der Waals surface area contributed by atoms with E-state index >= 15 is 0 Å². The molecule has 0 rings (SSSR count). The van der Waals surface area contributed by atoms with Crippen LogP contribution >= 0.6 is 0 Å². The van der Waals surface area contributed by atoms with Gasteiger partial charge in [-0.15, -0.1) is 0 Å². The molecule has 0 radical (unpaired) electrons. The van der Waals surface area contributed by atoms with Gasteiger partial charge in [-0.3, -0.25) is 0 Å². The number of hydrogen-bond acceptors (Lipinski definition) is 2. The van der Waals surface area contributed by atoms with Gasteiger partial charge in [0.05, 0.1) is 0 Å². The Morgan fingerprint density at radius 2 is 2.00 bits per heavy atom. The van der Waals surface area contributed by atoms with E-state index in [1.54, 1.807) is 6.08 Å². The van der Waals surface area contributed by atoms with Gasteiger partial charge in [0.25, 0.3) is 0 Å². The predicted molar refractivity (Wildman–Crippen MR) is 66.4 cm³/mol. The number of nitrogens with one attached hydrogen (secondary N) is 1. The van der Waals surface area contributed by atoms with E-state index in [9.17, 15) is 0 Å². The SMILES string of the molecule is C=C/C=C\C(=C)N(C)CCNC.CC. The fourth-order valence-electron chi connectivity index (χ4n) is 0.729. The molecule has 0 saturated carbocycles. The summed E-state index contributed by atoms with van der Waals surface area (Å²) in [6, 6.07) is 0. The largest absolute Gasteiger partial charge is 0.374 e. The Bertz CT molecular complexity index is 171. The standard InChI is InChI=1S/C10H18N2.C2H6/c1-5-6-7-10(2)12(4)9-8-11-3;1-2/h5-7,11H,1-2,8-9H2,3-4H3;1-2H3/b7-6-;. The van der Waals surface area contributed by atoms with Gasteiger partial charge in [0, 0.05) is 25.8 Å². The van der Waals surface area contributed by atoms with Gasteiger partial charge in [-0.05, 0) is 13.1 Å². The third kappa shape index (κ3) is 9.07. The van der Waals surface area contributed by atoms with Crippen molar-refractivity contribution in [1.82, 2.24) is 10.2 Å². The molecule has 14 heavy (non-hydrogen) atoms. The van der Waals surface area contributed by atoms with Gasteiger partial charge in [0.2, 0.25) is 0 Å². The molecule has 0 bridgehead atoms. The lowest BCUT2D eigenvalue weighted by Crippen LogP contribution is -2.25. The summed E-state index contributed by atoms with van der Waals surface area (Å²) in [5.74, 6) is 0. The first kappa shape index (κ1) is 15.5. The van der Waals surface area contributed by atoms with Crippen LogP contribution in [0, 0.1) is 0 Å². The van der Waals surface area contributed by atoms with Crippen LogP contribution < -0.4 is 5.32 Å². The van der Waals surface area contributed by atoms with E-state index in [0.29, 0.717) is 0 Å². The Labute approximate surface area is 89.0 Å². The predicted octanol–water partition coefficient (Wildman–Crippen LogP) is 2.42. The normalized spacial score (nSPS) is 9.14. The Kier molecular flexibility index (Phi) is 13.2. The topological polar surface area (TPSA) is 15.3 Å². The molecule has 0 aromatic rings. The average molecular weight is 196 g/mol. The molecule has 0 unspecified atom stereocenters. The van der Waals surface area contributed by atoms with Gasteiger partial charge >= 0.3 is 0 Å². The first-order valence-electron chi connectivity index (χ1n) is 5.06. The van der Waals surface area contributed by atoms with Crippen LogP contribution in [0.4, 0.5) is 0 Å². The van der Waals surface area contributed by atoms with Gasteiger partial charge in [-0.2, -0.15) is 0 Å². The zero-order chi connectivity index (χ0) is 11.4. The van der Waals surface area contributed by atoms with E-state index in [4.69, 9.17) is 0 Å². The van der Waals surface area contributed by atoms with E-state index in [2.05, 4.69) is 23.4 Å². The summed E-state index contributed by atoms with van der Waals surface area (Å²) in [4.78, 5) is 2.09. The lowest BCUT2D eigenvalue weighted by atomic mass is 10.3. The number of allylic oxidation sites excluding steroid dienone is 3. The maximum Gasteiger partial charge on any atom is 0.0299 e. The van der Waals surface area contributed by atoms with Crippen molar-refractivity contribution in [2.45, 2.75) is 13.8 Å². The molecule has 0 aromatic carbocycles. The fraction of sp³-hybridized carbons (Fsp3) is 0.500. The second-order valence-electron chi connectivity index (χ2n) is 2.61. The summed E-state index contributed by atoms with van der Waals surface area (Å²) in [7, 11) is 3.96. The summed E-state index contributed by atoms with van der Waals surface area (Å²) in [5.41, 5.74) is 1.00. The number of rotatable bonds is 6. The smallest absolute Gasteiger partial charge is 0.0299 e. The summed E-state index contributed by atoms with van der Waals surface area (Å²) in [6.45, 7) is 13.4. The first-order valence-corrected chi connectivity index (χ1v) is 5.06. The molecule has 1 N–H and O–H groups in total. The van der Waals surface area contributed by atoms with Gasteiger partial charge in [0.15, 0.2) is 0 Å². The Morgan fingerprint density at radius 3 is 2.43 bits per heavy atom. The third-order valence-electron chi connectivity index (χ3n) is 1.61. The Morgan fingerprint density at radius 1 is 1.43 bits per heavy atom. The van der Waals surface area contributed by atoms with E-state index in [-0.39, 0.29) is 0 Å². The highest BCUT2D eigenvalue weighted by Gasteiger charge is 1.95. The van der Waals surface area contributed by atoms with Crippen LogP contribution in [0.1, 0.15) is 13.8 Å². The lowest BCUT2D eigenvalue weighted by molar-refractivity contribution is 0.429. The monoisotopic (exact) mass is 196 g/mol. The second kappa shape index (κ2) is 12.0. The highest BCUT2D eigenvalue weighted by Crippen LogP contribution is 1.98. The molecule has 0 aromatic heterocycles. The van der Waals surface area contributed by atoms with Crippen LogP contribution in [0.5, 0.6) is 0 Å². The molecule has 0 heterocycles. The van der Waals surface area contributed by atoms with Crippen LogP contribution in [-0.2, 0) is 0 Å².